The number of anilines is 1. The highest BCUT2D eigenvalue weighted by molar-refractivity contribution is 8.00. The van der Waals surface area contributed by atoms with E-state index in [1.807, 2.05) is 6.92 Å². The van der Waals surface area contributed by atoms with E-state index in [0.29, 0.717) is 5.69 Å². The van der Waals surface area contributed by atoms with E-state index in [1.54, 1.807) is 18.2 Å². The van der Waals surface area contributed by atoms with Crippen molar-refractivity contribution in [2.24, 2.45) is 0 Å². The van der Waals surface area contributed by atoms with Crippen molar-refractivity contribution in [2.75, 3.05) is 17.3 Å². The lowest BCUT2D eigenvalue weighted by atomic mass is 9.87. The van der Waals surface area contributed by atoms with Crippen LogP contribution in [0.3, 0.4) is 0 Å². The molecule has 2 aromatic carbocycles. The molecule has 2 rings (SSSR count). The van der Waals surface area contributed by atoms with Gasteiger partial charge in [-0.25, -0.2) is 8.42 Å². The predicted octanol–water partition coefficient (Wildman–Crippen LogP) is 4.43. The molecular weight excluding hydrogens is 366 g/mol. The second-order valence-electron chi connectivity index (χ2n) is 7.34. The molecule has 0 saturated carbocycles. The molecule has 6 heteroatoms. The van der Waals surface area contributed by atoms with Crippen LogP contribution in [-0.2, 0) is 20.0 Å². The minimum atomic E-state index is -3.40. The van der Waals surface area contributed by atoms with E-state index < -0.39 is 9.84 Å². The Hall–Kier alpha value is -1.79. The number of thioether (sulfide) groups is 1. The van der Waals surface area contributed by atoms with Crippen LogP contribution in [0.1, 0.15) is 31.9 Å². The van der Waals surface area contributed by atoms with Gasteiger partial charge in [-0.3, -0.25) is 4.79 Å². The highest BCUT2D eigenvalue weighted by Gasteiger charge is 2.17. The summed E-state index contributed by atoms with van der Waals surface area (Å²) in [6.07, 6.45) is 1.13. The fraction of sp³-hybridized carbons (Fsp3) is 0.350. The van der Waals surface area contributed by atoms with Crippen LogP contribution in [0.15, 0.2) is 52.3 Å². The Labute approximate surface area is 160 Å². The Bertz CT molecular complexity index is 913. The van der Waals surface area contributed by atoms with E-state index in [2.05, 4.69) is 44.3 Å². The summed E-state index contributed by atoms with van der Waals surface area (Å²) < 4.78 is 23.7. The summed E-state index contributed by atoms with van der Waals surface area (Å²) >= 11 is 1.46. The number of benzene rings is 2. The van der Waals surface area contributed by atoms with Crippen LogP contribution in [0.2, 0.25) is 0 Å². The minimum Gasteiger partial charge on any atom is -0.324 e. The van der Waals surface area contributed by atoms with Crippen LogP contribution in [0, 0.1) is 6.92 Å². The number of carbonyl (C=O) groups is 1. The van der Waals surface area contributed by atoms with Crippen molar-refractivity contribution in [3.8, 4) is 0 Å². The van der Waals surface area contributed by atoms with Gasteiger partial charge in [-0.2, -0.15) is 0 Å². The maximum atomic E-state index is 12.3. The number of nitrogens with one attached hydrogen (secondary N) is 1. The molecule has 26 heavy (non-hydrogen) atoms. The van der Waals surface area contributed by atoms with Gasteiger partial charge in [-0.05, 0) is 41.7 Å². The van der Waals surface area contributed by atoms with Gasteiger partial charge < -0.3 is 5.32 Å². The summed E-state index contributed by atoms with van der Waals surface area (Å²) in [4.78, 5) is 13.5. The number of carbonyl (C=O) groups excluding carboxylic acids is 1. The van der Waals surface area contributed by atoms with Crippen LogP contribution in [0.5, 0.6) is 0 Å². The summed E-state index contributed by atoms with van der Waals surface area (Å²) in [5, 5.41) is 2.71. The molecule has 4 nitrogen and oxygen atoms in total. The zero-order valence-corrected chi connectivity index (χ0v) is 17.4. The average molecular weight is 392 g/mol. The highest BCUT2D eigenvalue weighted by atomic mass is 32.2. The van der Waals surface area contributed by atoms with E-state index in [4.69, 9.17) is 0 Å². The Morgan fingerprint density at radius 1 is 1.12 bits per heavy atom. The largest absolute Gasteiger partial charge is 0.324 e. The number of rotatable bonds is 5. The summed E-state index contributed by atoms with van der Waals surface area (Å²) in [7, 11) is -3.40. The van der Waals surface area contributed by atoms with E-state index in [1.165, 1.54) is 23.4 Å². The molecule has 0 heterocycles. The maximum absolute atomic E-state index is 12.3. The Kier molecular flexibility index (Phi) is 6.19. The Morgan fingerprint density at radius 2 is 1.77 bits per heavy atom. The summed E-state index contributed by atoms with van der Waals surface area (Å²) in [5.41, 5.74) is 2.70. The first-order valence-electron chi connectivity index (χ1n) is 8.31. The quantitative estimate of drug-likeness (QED) is 0.766. The normalized spacial score (nSPS) is 12.0. The second kappa shape index (κ2) is 7.84. The molecule has 0 spiro atoms. The summed E-state index contributed by atoms with van der Waals surface area (Å²) in [5.74, 6) is -0.0151. The SMILES string of the molecule is Cc1ccc(C(C)(C)C)cc1SCC(=O)Nc1ccccc1S(C)(=O)=O. The molecular formula is C20H25NO3S2. The van der Waals surface area contributed by atoms with Crippen LogP contribution < -0.4 is 5.32 Å². The first kappa shape index (κ1) is 20.5. The molecule has 0 bridgehead atoms. The molecule has 0 aliphatic carbocycles. The van der Waals surface area contributed by atoms with Gasteiger partial charge in [0.2, 0.25) is 5.91 Å². The van der Waals surface area contributed by atoms with Gasteiger partial charge in [-0.1, -0.05) is 45.0 Å². The van der Waals surface area contributed by atoms with Crippen molar-refractivity contribution in [3.05, 3.63) is 53.6 Å². The minimum absolute atomic E-state index is 0.0414. The monoisotopic (exact) mass is 391 g/mol. The number of amides is 1. The second-order valence-corrected chi connectivity index (χ2v) is 10.3. The van der Waals surface area contributed by atoms with Crippen LogP contribution >= 0.6 is 11.8 Å². The first-order valence-corrected chi connectivity index (χ1v) is 11.2. The topological polar surface area (TPSA) is 63.2 Å². The van der Waals surface area contributed by atoms with E-state index >= 15 is 0 Å². The van der Waals surface area contributed by atoms with Crippen molar-refractivity contribution in [1.29, 1.82) is 0 Å². The smallest absolute Gasteiger partial charge is 0.234 e. The Morgan fingerprint density at radius 3 is 2.38 bits per heavy atom. The fourth-order valence-electron chi connectivity index (χ4n) is 2.44. The van der Waals surface area contributed by atoms with Gasteiger partial charge in [0, 0.05) is 11.2 Å². The zero-order valence-electron chi connectivity index (χ0n) is 15.8. The molecule has 0 saturated heterocycles. The van der Waals surface area contributed by atoms with E-state index in [-0.39, 0.29) is 22.0 Å². The third kappa shape index (κ3) is 5.35. The fourth-order valence-corrected chi connectivity index (χ4v) is 4.15. The zero-order chi connectivity index (χ0) is 19.5. The van der Waals surface area contributed by atoms with Gasteiger partial charge in [0.15, 0.2) is 9.84 Å². The number of aryl methyl sites for hydroxylation is 1. The van der Waals surface area contributed by atoms with Crippen molar-refractivity contribution < 1.29 is 13.2 Å². The lowest BCUT2D eigenvalue weighted by molar-refractivity contribution is -0.113. The summed E-state index contributed by atoms with van der Waals surface area (Å²) in [6.45, 7) is 8.48. The molecule has 0 fully saturated rings. The molecule has 1 amide bonds. The maximum Gasteiger partial charge on any atom is 0.234 e. The van der Waals surface area contributed by atoms with Crippen molar-refractivity contribution in [1.82, 2.24) is 0 Å². The molecule has 0 unspecified atom stereocenters. The van der Waals surface area contributed by atoms with Crippen LogP contribution in [-0.4, -0.2) is 26.3 Å². The van der Waals surface area contributed by atoms with Gasteiger partial charge >= 0.3 is 0 Å². The lowest BCUT2D eigenvalue weighted by Crippen LogP contribution is -2.16. The molecule has 0 aromatic heterocycles. The average Bonchev–Trinajstić information content (AvgIpc) is 2.52. The number of sulfone groups is 1. The Balaban J connectivity index is 2.12. The predicted molar refractivity (Wildman–Crippen MR) is 109 cm³/mol. The van der Waals surface area contributed by atoms with Crippen molar-refractivity contribution >= 4 is 33.2 Å². The molecule has 0 aliphatic heterocycles. The van der Waals surface area contributed by atoms with Gasteiger partial charge in [0.05, 0.1) is 16.3 Å². The molecule has 0 radical (unpaired) electrons. The first-order chi connectivity index (χ1) is 12.0. The van der Waals surface area contributed by atoms with E-state index in [0.717, 1.165) is 16.7 Å². The molecule has 2 aromatic rings. The van der Waals surface area contributed by atoms with Crippen LogP contribution in [0.4, 0.5) is 5.69 Å². The van der Waals surface area contributed by atoms with Gasteiger partial charge in [0.25, 0.3) is 0 Å². The number of hydrogen-bond acceptors (Lipinski definition) is 4. The van der Waals surface area contributed by atoms with Gasteiger partial charge in [-0.15, -0.1) is 11.8 Å². The van der Waals surface area contributed by atoms with E-state index in [9.17, 15) is 13.2 Å². The molecule has 140 valence electrons. The number of para-hydroxylation sites is 1. The molecule has 0 atom stereocenters. The third-order valence-corrected chi connectivity index (χ3v) is 6.29. The molecule has 0 aliphatic rings. The highest BCUT2D eigenvalue weighted by Crippen LogP contribution is 2.30. The van der Waals surface area contributed by atoms with Crippen LogP contribution in [0.25, 0.3) is 0 Å². The van der Waals surface area contributed by atoms with Crippen molar-refractivity contribution in [2.45, 2.75) is 42.9 Å². The summed E-state index contributed by atoms with van der Waals surface area (Å²) in [6, 6.07) is 12.7. The van der Waals surface area contributed by atoms with Gasteiger partial charge in [0.1, 0.15) is 0 Å². The standard InChI is InChI=1S/C20H25NO3S2/c1-14-10-11-15(20(2,3)4)12-17(14)25-13-19(22)21-16-8-6-7-9-18(16)26(5,23)24/h6-12H,13H2,1-5H3,(H,21,22). The molecule has 1 N–H and O–H groups in total. The third-order valence-electron chi connectivity index (χ3n) is 3.97. The number of hydrogen-bond donors (Lipinski definition) is 1. The van der Waals surface area contributed by atoms with Crippen molar-refractivity contribution in [3.63, 3.8) is 0 Å². The lowest BCUT2D eigenvalue weighted by Gasteiger charge is -2.20.